The van der Waals surface area contributed by atoms with Crippen LogP contribution in [0.5, 0.6) is 0 Å². The highest BCUT2D eigenvalue weighted by atomic mass is 32.1. The van der Waals surface area contributed by atoms with Crippen molar-refractivity contribution in [2.45, 2.75) is 31.9 Å². The minimum absolute atomic E-state index is 0.340. The van der Waals surface area contributed by atoms with E-state index in [2.05, 4.69) is 33.5 Å². The van der Waals surface area contributed by atoms with E-state index in [9.17, 15) is 13.2 Å². The Morgan fingerprint density at radius 3 is 2.60 bits per heavy atom. The molecule has 0 saturated carbocycles. The van der Waals surface area contributed by atoms with Crippen molar-refractivity contribution in [3.8, 4) is 11.1 Å². The Labute approximate surface area is 175 Å². The number of alkyl halides is 3. The zero-order valence-electron chi connectivity index (χ0n) is 16.0. The molecule has 1 aliphatic rings. The number of hydrogen-bond donors (Lipinski definition) is 1. The molecule has 2 aromatic heterocycles. The molecule has 2 aromatic carbocycles. The van der Waals surface area contributed by atoms with Gasteiger partial charge in [0.1, 0.15) is 17.0 Å². The van der Waals surface area contributed by atoms with E-state index in [4.69, 9.17) is 0 Å². The van der Waals surface area contributed by atoms with Gasteiger partial charge < -0.3 is 5.32 Å². The fourth-order valence-corrected chi connectivity index (χ4v) is 4.91. The molecule has 0 fully saturated rings. The third kappa shape index (κ3) is 3.54. The zero-order chi connectivity index (χ0) is 20.7. The van der Waals surface area contributed by atoms with Gasteiger partial charge in [-0.1, -0.05) is 24.3 Å². The molecule has 0 bridgehead atoms. The number of thiophene rings is 1. The minimum atomic E-state index is -4.39. The number of fused-ring (bicyclic) bond motifs is 2. The van der Waals surface area contributed by atoms with E-state index in [0.29, 0.717) is 11.5 Å². The van der Waals surface area contributed by atoms with Gasteiger partial charge in [-0.25, -0.2) is 9.97 Å². The van der Waals surface area contributed by atoms with Crippen LogP contribution in [0.4, 0.5) is 24.7 Å². The number of nitrogens with zero attached hydrogens (tertiary/aromatic N) is 2. The third-order valence-corrected chi connectivity index (χ3v) is 6.37. The molecule has 1 N–H and O–H groups in total. The minimum Gasteiger partial charge on any atom is -0.340 e. The lowest BCUT2D eigenvalue weighted by Crippen LogP contribution is -2.05. The first kappa shape index (κ1) is 19.1. The highest BCUT2D eigenvalue weighted by molar-refractivity contribution is 7.17. The molecule has 0 unspecified atom stereocenters. The molecule has 7 heteroatoms. The summed E-state index contributed by atoms with van der Waals surface area (Å²) in [6.45, 7) is 0. The van der Waals surface area contributed by atoms with Gasteiger partial charge in [-0.2, -0.15) is 13.2 Å². The second-order valence-electron chi connectivity index (χ2n) is 7.45. The van der Waals surface area contributed by atoms with E-state index < -0.39 is 11.7 Å². The van der Waals surface area contributed by atoms with E-state index in [1.54, 1.807) is 6.07 Å². The van der Waals surface area contributed by atoms with Crippen molar-refractivity contribution in [2.75, 3.05) is 5.32 Å². The van der Waals surface area contributed by atoms with Crippen LogP contribution in [0, 0.1) is 0 Å². The maximum atomic E-state index is 13.1. The van der Waals surface area contributed by atoms with Crippen molar-refractivity contribution >= 4 is 33.1 Å². The first-order valence-electron chi connectivity index (χ1n) is 9.78. The molecular weight excluding hydrogens is 407 g/mol. The normalized spacial score (nSPS) is 14.0. The van der Waals surface area contributed by atoms with Gasteiger partial charge in [0.05, 0.1) is 10.9 Å². The Balaban J connectivity index is 1.57. The largest absolute Gasteiger partial charge is 0.416 e. The van der Waals surface area contributed by atoms with Gasteiger partial charge in [-0.05, 0) is 60.6 Å². The smallest absolute Gasteiger partial charge is 0.340 e. The number of halogens is 3. The molecule has 4 aromatic rings. The molecule has 0 aliphatic heterocycles. The quantitative estimate of drug-likeness (QED) is 0.384. The second-order valence-corrected chi connectivity index (χ2v) is 8.30. The first-order chi connectivity index (χ1) is 14.5. The van der Waals surface area contributed by atoms with Crippen LogP contribution in [-0.2, 0) is 19.0 Å². The van der Waals surface area contributed by atoms with Crippen LogP contribution >= 0.6 is 11.3 Å². The van der Waals surface area contributed by atoms with Crippen molar-refractivity contribution in [1.29, 1.82) is 0 Å². The van der Waals surface area contributed by atoms with Crippen LogP contribution in [-0.4, -0.2) is 9.97 Å². The lowest BCUT2D eigenvalue weighted by atomic mass is 9.89. The number of hydrogen-bond acceptors (Lipinski definition) is 4. The van der Waals surface area contributed by atoms with Crippen molar-refractivity contribution in [1.82, 2.24) is 9.97 Å². The molecule has 30 heavy (non-hydrogen) atoms. The fraction of sp³-hybridized carbons (Fsp3) is 0.217. The summed E-state index contributed by atoms with van der Waals surface area (Å²) in [5.74, 6) is 0.508. The van der Waals surface area contributed by atoms with E-state index in [1.165, 1.54) is 47.7 Å². The molecule has 152 valence electrons. The first-order valence-corrected chi connectivity index (χ1v) is 10.7. The van der Waals surface area contributed by atoms with Crippen LogP contribution in [0.15, 0.2) is 54.2 Å². The molecule has 0 spiro atoms. The van der Waals surface area contributed by atoms with Crippen LogP contribution < -0.4 is 5.32 Å². The fourth-order valence-electron chi connectivity index (χ4n) is 3.99. The molecule has 5 rings (SSSR count). The number of aromatic nitrogens is 2. The van der Waals surface area contributed by atoms with Crippen molar-refractivity contribution in [3.05, 3.63) is 70.9 Å². The van der Waals surface area contributed by atoms with Crippen LogP contribution in [0.2, 0.25) is 0 Å². The highest BCUT2D eigenvalue weighted by Gasteiger charge is 2.30. The maximum Gasteiger partial charge on any atom is 0.416 e. The lowest BCUT2D eigenvalue weighted by Gasteiger charge is -2.16. The van der Waals surface area contributed by atoms with Gasteiger partial charge in [0, 0.05) is 16.6 Å². The summed E-state index contributed by atoms with van der Waals surface area (Å²) < 4.78 is 39.2. The Morgan fingerprint density at radius 2 is 1.77 bits per heavy atom. The van der Waals surface area contributed by atoms with Gasteiger partial charge in [0.25, 0.3) is 0 Å². The summed E-state index contributed by atoms with van der Waals surface area (Å²) in [7, 11) is 0. The Bertz CT molecular complexity index is 1230. The number of nitrogens with one attached hydrogen (secondary N) is 1. The summed E-state index contributed by atoms with van der Waals surface area (Å²) >= 11 is 1.51. The molecule has 3 nitrogen and oxygen atoms in total. The number of anilines is 2. The third-order valence-electron chi connectivity index (χ3n) is 5.48. The zero-order valence-corrected chi connectivity index (χ0v) is 16.8. The number of rotatable bonds is 3. The van der Waals surface area contributed by atoms with E-state index in [-0.39, 0.29) is 0 Å². The molecular formula is C23H18F3N3S. The summed E-state index contributed by atoms with van der Waals surface area (Å²) in [6.07, 6.45) is 1.67. The SMILES string of the molecule is FC(F)(F)c1cccc(Nc2ncnc3scc(-c4ccc5c(c4)CCCC5)c23)c1. The highest BCUT2D eigenvalue weighted by Crippen LogP contribution is 2.39. The topological polar surface area (TPSA) is 37.8 Å². The molecule has 1 aliphatic carbocycles. The predicted octanol–water partition coefficient (Wildman–Crippen LogP) is 7.00. The van der Waals surface area contributed by atoms with Crippen LogP contribution in [0.3, 0.4) is 0 Å². The summed E-state index contributed by atoms with van der Waals surface area (Å²) in [6, 6.07) is 11.7. The van der Waals surface area contributed by atoms with E-state index in [1.807, 2.05) is 5.38 Å². The summed E-state index contributed by atoms with van der Waals surface area (Å²) in [5, 5.41) is 5.95. The van der Waals surface area contributed by atoms with Gasteiger partial charge in [0.2, 0.25) is 0 Å². The predicted molar refractivity (Wildman–Crippen MR) is 114 cm³/mol. The average Bonchev–Trinajstić information content (AvgIpc) is 3.18. The Hall–Kier alpha value is -2.93. The standard InChI is InChI=1S/C23H18F3N3S/c24-23(25,26)17-6-3-7-18(11-17)29-21-20-19(12-30-22(20)28-13-27-21)16-9-8-14-4-1-2-5-15(14)10-16/h3,6-13H,1-2,4-5H2,(H,27,28,29). The van der Waals surface area contributed by atoms with Crippen molar-refractivity contribution in [3.63, 3.8) is 0 Å². The van der Waals surface area contributed by atoms with Gasteiger partial charge in [-0.15, -0.1) is 11.3 Å². The summed E-state index contributed by atoms with van der Waals surface area (Å²) in [5.41, 5.74) is 4.51. The van der Waals surface area contributed by atoms with Gasteiger partial charge in [-0.3, -0.25) is 0 Å². The molecule has 0 saturated heterocycles. The van der Waals surface area contributed by atoms with Crippen molar-refractivity contribution < 1.29 is 13.2 Å². The number of aryl methyl sites for hydroxylation is 2. The van der Waals surface area contributed by atoms with Crippen molar-refractivity contribution in [2.24, 2.45) is 0 Å². The second kappa shape index (κ2) is 7.40. The van der Waals surface area contributed by atoms with E-state index in [0.717, 1.165) is 46.3 Å². The van der Waals surface area contributed by atoms with E-state index >= 15 is 0 Å². The molecule has 2 heterocycles. The van der Waals surface area contributed by atoms with Gasteiger partial charge in [0.15, 0.2) is 0 Å². The molecule has 0 amide bonds. The maximum absolute atomic E-state index is 13.1. The Kier molecular flexibility index (Phi) is 4.70. The monoisotopic (exact) mass is 425 g/mol. The number of benzene rings is 2. The summed E-state index contributed by atoms with van der Waals surface area (Å²) in [4.78, 5) is 9.50. The average molecular weight is 425 g/mol. The molecule has 0 radical (unpaired) electrons. The van der Waals surface area contributed by atoms with Crippen LogP contribution in [0.25, 0.3) is 21.3 Å². The van der Waals surface area contributed by atoms with Crippen LogP contribution in [0.1, 0.15) is 29.5 Å². The lowest BCUT2D eigenvalue weighted by molar-refractivity contribution is -0.137. The Morgan fingerprint density at radius 1 is 0.933 bits per heavy atom. The van der Waals surface area contributed by atoms with Gasteiger partial charge >= 0.3 is 6.18 Å². The molecule has 0 atom stereocenters.